The van der Waals surface area contributed by atoms with Gasteiger partial charge < -0.3 is 29.7 Å². The molecule has 1 unspecified atom stereocenters. The van der Waals surface area contributed by atoms with Crippen LogP contribution < -0.4 is 19.5 Å². The minimum atomic E-state index is -0.0986. The van der Waals surface area contributed by atoms with Crippen LogP contribution in [0.15, 0.2) is 30.3 Å². The Bertz CT molecular complexity index is 807. The molecule has 1 atom stereocenters. The van der Waals surface area contributed by atoms with E-state index in [9.17, 15) is 10.2 Å². The van der Waals surface area contributed by atoms with E-state index < -0.39 is 0 Å². The topological polar surface area (TPSA) is 80.2 Å². The summed E-state index contributed by atoms with van der Waals surface area (Å²) in [6.07, 6.45) is 3.49. The zero-order valence-corrected chi connectivity index (χ0v) is 15.2. The number of hydrogen-bond acceptors (Lipinski definition) is 6. The van der Waals surface area contributed by atoms with Crippen molar-refractivity contribution in [2.45, 2.75) is 31.8 Å². The van der Waals surface area contributed by atoms with Crippen molar-refractivity contribution in [2.24, 2.45) is 0 Å². The minimum absolute atomic E-state index is 0.00173. The van der Waals surface area contributed by atoms with Crippen molar-refractivity contribution in [3.8, 4) is 28.7 Å². The second-order valence-electron chi connectivity index (χ2n) is 6.96. The van der Waals surface area contributed by atoms with E-state index >= 15 is 0 Å². The van der Waals surface area contributed by atoms with Crippen LogP contribution in [0.5, 0.6) is 28.7 Å². The summed E-state index contributed by atoms with van der Waals surface area (Å²) >= 11 is 0. The van der Waals surface area contributed by atoms with Gasteiger partial charge in [0.25, 0.3) is 0 Å². The molecule has 27 heavy (non-hydrogen) atoms. The molecule has 1 heterocycles. The highest BCUT2D eigenvalue weighted by Crippen LogP contribution is 2.42. The van der Waals surface area contributed by atoms with Crippen molar-refractivity contribution in [3.05, 3.63) is 41.5 Å². The summed E-state index contributed by atoms with van der Waals surface area (Å²) in [5.74, 6) is 2.19. The fraction of sp³-hybridized carbons (Fsp3) is 0.429. The van der Waals surface area contributed by atoms with E-state index in [0.717, 1.165) is 54.9 Å². The van der Waals surface area contributed by atoms with Crippen LogP contribution in [0, 0.1) is 0 Å². The zero-order valence-electron chi connectivity index (χ0n) is 15.2. The smallest absolute Gasteiger partial charge is 0.161 e. The van der Waals surface area contributed by atoms with Crippen LogP contribution in [0.25, 0.3) is 0 Å². The Hall–Kier alpha value is -2.60. The van der Waals surface area contributed by atoms with Gasteiger partial charge in [0.15, 0.2) is 23.0 Å². The zero-order chi connectivity index (χ0) is 18.6. The van der Waals surface area contributed by atoms with E-state index in [0.29, 0.717) is 25.5 Å². The van der Waals surface area contributed by atoms with Gasteiger partial charge in [0.1, 0.15) is 18.5 Å². The molecule has 0 saturated heterocycles. The molecule has 1 aliphatic heterocycles. The van der Waals surface area contributed by atoms with Gasteiger partial charge in [-0.15, -0.1) is 0 Å². The Morgan fingerprint density at radius 2 is 1.93 bits per heavy atom. The Labute approximate surface area is 158 Å². The third kappa shape index (κ3) is 3.90. The Kier molecular flexibility index (Phi) is 5.25. The summed E-state index contributed by atoms with van der Waals surface area (Å²) in [5, 5.41) is 23.2. The number of phenols is 2. The fourth-order valence-electron chi connectivity index (χ4n) is 3.65. The minimum Gasteiger partial charge on any atom is -0.504 e. The number of ether oxygens (including phenoxy) is 3. The molecule has 144 valence electrons. The summed E-state index contributed by atoms with van der Waals surface area (Å²) in [6.45, 7) is 2.60. The monoisotopic (exact) mass is 371 g/mol. The van der Waals surface area contributed by atoms with Gasteiger partial charge in [-0.3, -0.25) is 0 Å². The van der Waals surface area contributed by atoms with Gasteiger partial charge in [0, 0.05) is 23.7 Å². The number of nitrogens with one attached hydrogen (secondary N) is 1. The highest BCUT2D eigenvalue weighted by Gasteiger charge is 2.23. The number of benzene rings is 2. The van der Waals surface area contributed by atoms with Gasteiger partial charge in [-0.1, -0.05) is 12.1 Å². The third-order valence-corrected chi connectivity index (χ3v) is 5.01. The predicted octanol–water partition coefficient (Wildman–Crippen LogP) is 2.79. The first-order valence-corrected chi connectivity index (χ1v) is 9.51. The molecule has 0 saturated carbocycles. The summed E-state index contributed by atoms with van der Waals surface area (Å²) in [7, 11) is 0. The third-order valence-electron chi connectivity index (χ3n) is 5.01. The first-order valence-electron chi connectivity index (χ1n) is 9.51. The fourth-order valence-corrected chi connectivity index (χ4v) is 3.65. The number of rotatable bonds is 7. The molecule has 2 aromatic rings. The van der Waals surface area contributed by atoms with Crippen LogP contribution in [-0.4, -0.2) is 42.6 Å². The number of hydrogen-bond donors (Lipinski definition) is 3. The molecule has 6 heteroatoms. The molecule has 0 aromatic heterocycles. The molecule has 6 nitrogen and oxygen atoms in total. The number of para-hydroxylation sites is 2. The maximum atomic E-state index is 9.93. The Morgan fingerprint density at radius 3 is 2.81 bits per heavy atom. The largest absolute Gasteiger partial charge is 0.504 e. The number of aromatic hydroxyl groups is 2. The van der Waals surface area contributed by atoms with Gasteiger partial charge in [-0.2, -0.15) is 0 Å². The molecule has 0 fully saturated rings. The first-order chi connectivity index (χ1) is 13.2. The van der Waals surface area contributed by atoms with Crippen molar-refractivity contribution in [2.75, 3.05) is 26.3 Å². The summed E-state index contributed by atoms with van der Waals surface area (Å²) in [4.78, 5) is 0. The lowest BCUT2D eigenvalue weighted by atomic mass is 10.1. The van der Waals surface area contributed by atoms with E-state index in [1.54, 1.807) is 0 Å². The van der Waals surface area contributed by atoms with E-state index in [4.69, 9.17) is 14.2 Å². The van der Waals surface area contributed by atoms with E-state index in [2.05, 4.69) is 5.32 Å². The normalized spacial score (nSPS) is 17.6. The van der Waals surface area contributed by atoms with Crippen LogP contribution in [0.1, 0.15) is 24.0 Å². The van der Waals surface area contributed by atoms with E-state index in [1.807, 2.05) is 24.3 Å². The summed E-state index contributed by atoms with van der Waals surface area (Å²) in [6, 6.07) is 9.23. The molecular formula is C21H25NO5. The van der Waals surface area contributed by atoms with Crippen molar-refractivity contribution in [1.29, 1.82) is 0 Å². The van der Waals surface area contributed by atoms with E-state index in [-0.39, 0.29) is 17.6 Å². The average Bonchev–Trinajstić information content (AvgIpc) is 3.18. The molecule has 2 aromatic carbocycles. The Balaban J connectivity index is 1.19. The van der Waals surface area contributed by atoms with Gasteiger partial charge in [0.2, 0.25) is 0 Å². The predicted molar refractivity (Wildman–Crippen MR) is 101 cm³/mol. The average molecular weight is 371 g/mol. The molecule has 0 radical (unpaired) electrons. The lowest BCUT2D eigenvalue weighted by Crippen LogP contribution is -2.39. The number of phenolic OH excluding ortho intramolecular Hbond substituents is 2. The summed E-state index contributed by atoms with van der Waals surface area (Å²) < 4.78 is 17.5. The van der Waals surface area contributed by atoms with Crippen LogP contribution in [0.4, 0.5) is 0 Å². The maximum absolute atomic E-state index is 9.93. The standard InChI is InChI=1S/C21H25NO5/c23-17-11-20(15-5-3-6-16(15)21(17)24)25-10-4-9-22-12-14-13-26-18-7-1-2-8-19(18)27-14/h1-2,7-8,11,14,22-24H,3-6,9-10,12-13H2. The maximum Gasteiger partial charge on any atom is 0.161 e. The second-order valence-corrected chi connectivity index (χ2v) is 6.96. The number of fused-ring (bicyclic) bond motifs is 2. The second kappa shape index (κ2) is 7.96. The van der Waals surface area contributed by atoms with Crippen molar-refractivity contribution >= 4 is 0 Å². The van der Waals surface area contributed by atoms with Crippen molar-refractivity contribution < 1.29 is 24.4 Å². The lowest BCUT2D eigenvalue weighted by molar-refractivity contribution is 0.0902. The molecule has 0 amide bonds. The van der Waals surface area contributed by atoms with Gasteiger partial charge in [-0.05, 0) is 44.4 Å². The van der Waals surface area contributed by atoms with Gasteiger partial charge in [0.05, 0.1) is 6.61 Å². The van der Waals surface area contributed by atoms with E-state index in [1.165, 1.54) is 6.07 Å². The van der Waals surface area contributed by atoms with Crippen molar-refractivity contribution in [3.63, 3.8) is 0 Å². The van der Waals surface area contributed by atoms with Crippen LogP contribution in [-0.2, 0) is 12.8 Å². The highest BCUT2D eigenvalue weighted by molar-refractivity contribution is 5.57. The van der Waals surface area contributed by atoms with Gasteiger partial charge >= 0.3 is 0 Å². The SMILES string of the molecule is Oc1cc(OCCCNCC2COc3ccccc3O2)c2c(c1O)CCC2. The van der Waals surface area contributed by atoms with Gasteiger partial charge in [-0.25, -0.2) is 0 Å². The highest BCUT2D eigenvalue weighted by atomic mass is 16.6. The van der Waals surface area contributed by atoms with Crippen molar-refractivity contribution in [1.82, 2.24) is 5.32 Å². The molecule has 2 aliphatic rings. The molecule has 0 bridgehead atoms. The molecule has 0 spiro atoms. The quantitative estimate of drug-likeness (QED) is 0.513. The molecular weight excluding hydrogens is 346 g/mol. The summed E-state index contributed by atoms with van der Waals surface area (Å²) in [5.41, 5.74) is 1.86. The molecule has 4 rings (SSSR count). The van der Waals surface area contributed by atoms with Crippen LogP contribution in [0.3, 0.4) is 0 Å². The van der Waals surface area contributed by atoms with Crippen LogP contribution in [0.2, 0.25) is 0 Å². The molecule has 3 N–H and O–H groups in total. The molecule has 1 aliphatic carbocycles. The lowest BCUT2D eigenvalue weighted by Gasteiger charge is -2.26. The van der Waals surface area contributed by atoms with Crippen LogP contribution >= 0.6 is 0 Å². The Morgan fingerprint density at radius 1 is 1.11 bits per heavy atom. The first kappa shape index (κ1) is 17.8.